The van der Waals surface area contributed by atoms with Crippen molar-refractivity contribution in [3.8, 4) is 0 Å². The Balaban J connectivity index is 2.47. The van der Waals surface area contributed by atoms with Gasteiger partial charge in [0.15, 0.2) is 6.71 Å². The standard InChI is InChI=1S/C19H29BClN/c1-8-13(3)14-10-15(17(21)22-16(14)9-2)20-11-18(4,5)19(6,7)12-20/h10H,3,8-9,11-12H2,1-2,4-7H3. The van der Waals surface area contributed by atoms with Crippen LogP contribution in [0.3, 0.4) is 0 Å². The van der Waals surface area contributed by atoms with E-state index >= 15 is 0 Å². The molecular weight excluding hydrogens is 288 g/mol. The molecule has 1 aliphatic heterocycles. The Morgan fingerprint density at radius 2 is 1.77 bits per heavy atom. The van der Waals surface area contributed by atoms with Crippen LogP contribution in [0.2, 0.25) is 17.8 Å². The van der Waals surface area contributed by atoms with Gasteiger partial charge < -0.3 is 0 Å². The fourth-order valence-corrected chi connectivity index (χ4v) is 3.98. The van der Waals surface area contributed by atoms with Crippen molar-refractivity contribution in [3.63, 3.8) is 0 Å². The molecule has 1 aromatic rings. The normalized spacial score (nSPS) is 19.5. The molecule has 2 rings (SSSR count). The molecule has 1 fully saturated rings. The summed E-state index contributed by atoms with van der Waals surface area (Å²) in [6.45, 7) is 18.5. The molecule has 0 N–H and O–H groups in total. The minimum Gasteiger partial charge on any atom is -0.241 e. The molecule has 2 heterocycles. The van der Waals surface area contributed by atoms with E-state index in [0.717, 1.165) is 18.5 Å². The zero-order chi connectivity index (χ0) is 16.7. The number of allylic oxidation sites excluding steroid dienone is 1. The second-order valence-electron chi connectivity index (χ2n) is 8.05. The van der Waals surface area contributed by atoms with Crippen LogP contribution in [0.25, 0.3) is 5.57 Å². The molecule has 1 saturated heterocycles. The van der Waals surface area contributed by atoms with Crippen LogP contribution in [-0.2, 0) is 6.42 Å². The highest BCUT2D eigenvalue weighted by atomic mass is 35.5. The summed E-state index contributed by atoms with van der Waals surface area (Å²) in [4.78, 5) is 4.71. The summed E-state index contributed by atoms with van der Waals surface area (Å²) in [5.74, 6) is 0. The molecule has 120 valence electrons. The van der Waals surface area contributed by atoms with Crippen molar-refractivity contribution in [2.24, 2.45) is 10.8 Å². The molecule has 1 aliphatic rings. The van der Waals surface area contributed by atoms with Crippen LogP contribution >= 0.6 is 11.6 Å². The van der Waals surface area contributed by atoms with E-state index in [2.05, 4.69) is 54.2 Å². The van der Waals surface area contributed by atoms with Crippen LogP contribution in [0.1, 0.15) is 59.2 Å². The highest BCUT2D eigenvalue weighted by Gasteiger charge is 2.48. The summed E-state index contributed by atoms with van der Waals surface area (Å²) in [6.07, 6.45) is 4.20. The van der Waals surface area contributed by atoms with E-state index in [1.807, 2.05) is 0 Å². The third-order valence-corrected chi connectivity index (χ3v) is 6.31. The molecule has 0 unspecified atom stereocenters. The number of nitrogens with zero attached hydrogens (tertiary/aromatic N) is 1. The van der Waals surface area contributed by atoms with Crippen molar-refractivity contribution in [2.45, 2.75) is 67.0 Å². The van der Waals surface area contributed by atoms with Gasteiger partial charge in [-0.05, 0) is 40.3 Å². The topological polar surface area (TPSA) is 12.9 Å². The van der Waals surface area contributed by atoms with Gasteiger partial charge in [0.25, 0.3) is 0 Å². The minimum atomic E-state index is 0.326. The first-order valence-corrected chi connectivity index (χ1v) is 8.88. The molecule has 3 heteroatoms. The first kappa shape index (κ1) is 17.6. The SMILES string of the molecule is C=C(CC)c1cc(B2CC(C)(C)C(C)(C)C2)c(Cl)nc1CC. The predicted molar refractivity (Wildman–Crippen MR) is 101 cm³/mol. The second-order valence-corrected chi connectivity index (χ2v) is 8.40. The quantitative estimate of drug-likeness (QED) is 0.528. The van der Waals surface area contributed by atoms with Crippen LogP contribution in [0.15, 0.2) is 12.6 Å². The molecule has 0 aromatic carbocycles. The van der Waals surface area contributed by atoms with Gasteiger partial charge in [-0.15, -0.1) is 0 Å². The number of halogens is 1. The van der Waals surface area contributed by atoms with Gasteiger partial charge in [0.2, 0.25) is 0 Å². The number of hydrogen-bond acceptors (Lipinski definition) is 1. The smallest absolute Gasteiger partial charge is 0.181 e. The van der Waals surface area contributed by atoms with E-state index in [1.54, 1.807) is 0 Å². The van der Waals surface area contributed by atoms with Crippen LogP contribution in [0.4, 0.5) is 0 Å². The summed E-state index contributed by atoms with van der Waals surface area (Å²) in [5.41, 5.74) is 5.34. The van der Waals surface area contributed by atoms with Crippen molar-refractivity contribution in [3.05, 3.63) is 29.1 Å². The molecule has 0 aliphatic carbocycles. The maximum atomic E-state index is 6.55. The minimum absolute atomic E-state index is 0.326. The van der Waals surface area contributed by atoms with E-state index in [4.69, 9.17) is 16.6 Å². The molecule has 0 radical (unpaired) electrons. The first-order valence-electron chi connectivity index (χ1n) is 8.50. The molecule has 1 aromatic heterocycles. The summed E-state index contributed by atoms with van der Waals surface area (Å²) < 4.78 is 0. The van der Waals surface area contributed by atoms with Crippen molar-refractivity contribution in [1.29, 1.82) is 0 Å². The molecule has 0 amide bonds. The van der Waals surface area contributed by atoms with Gasteiger partial charge in [-0.25, -0.2) is 4.98 Å². The Morgan fingerprint density at radius 3 is 2.23 bits per heavy atom. The maximum absolute atomic E-state index is 6.55. The van der Waals surface area contributed by atoms with Gasteiger partial charge in [-0.2, -0.15) is 0 Å². The average Bonchev–Trinajstić information content (AvgIpc) is 2.65. The Morgan fingerprint density at radius 1 is 1.23 bits per heavy atom. The van der Waals surface area contributed by atoms with Gasteiger partial charge >= 0.3 is 0 Å². The fraction of sp³-hybridized carbons (Fsp3) is 0.632. The lowest BCUT2D eigenvalue weighted by molar-refractivity contribution is 0.177. The Bertz CT molecular complexity index is 573. The maximum Gasteiger partial charge on any atom is 0.181 e. The van der Waals surface area contributed by atoms with E-state index < -0.39 is 0 Å². The highest BCUT2D eigenvalue weighted by molar-refractivity contribution is 6.76. The van der Waals surface area contributed by atoms with E-state index in [0.29, 0.717) is 22.7 Å². The van der Waals surface area contributed by atoms with Crippen LogP contribution in [0, 0.1) is 10.8 Å². The Kier molecular flexibility index (Phi) is 4.83. The summed E-state index contributed by atoms with van der Waals surface area (Å²) >= 11 is 6.55. The van der Waals surface area contributed by atoms with Crippen LogP contribution in [-0.4, -0.2) is 11.7 Å². The van der Waals surface area contributed by atoms with Crippen LogP contribution in [0.5, 0.6) is 0 Å². The molecule has 22 heavy (non-hydrogen) atoms. The first-order chi connectivity index (χ1) is 10.1. The molecule has 0 bridgehead atoms. The van der Waals surface area contributed by atoms with E-state index in [9.17, 15) is 0 Å². The molecule has 0 saturated carbocycles. The van der Waals surface area contributed by atoms with Crippen molar-refractivity contribution < 1.29 is 0 Å². The summed E-state index contributed by atoms with van der Waals surface area (Å²) in [5, 5.41) is 0.697. The van der Waals surface area contributed by atoms with Gasteiger partial charge in [0.1, 0.15) is 5.15 Å². The lowest BCUT2D eigenvalue weighted by Gasteiger charge is -2.35. The zero-order valence-corrected chi connectivity index (χ0v) is 15.8. The number of rotatable bonds is 4. The summed E-state index contributed by atoms with van der Waals surface area (Å²) in [6, 6.07) is 2.28. The second kappa shape index (κ2) is 6.04. The van der Waals surface area contributed by atoms with Crippen molar-refractivity contribution >= 4 is 29.3 Å². The molecule has 0 spiro atoms. The van der Waals surface area contributed by atoms with Gasteiger partial charge in [-0.3, -0.25) is 0 Å². The highest BCUT2D eigenvalue weighted by Crippen LogP contribution is 2.52. The van der Waals surface area contributed by atoms with Crippen LogP contribution < -0.4 is 5.46 Å². The number of aryl methyl sites for hydroxylation is 1. The summed E-state index contributed by atoms with van der Waals surface area (Å²) in [7, 11) is 0. The van der Waals surface area contributed by atoms with Crippen molar-refractivity contribution in [2.75, 3.05) is 0 Å². The van der Waals surface area contributed by atoms with E-state index in [-0.39, 0.29) is 0 Å². The largest absolute Gasteiger partial charge is 0.241 e. The molecule has 1 nitrogen and oxygen atoms in total. The Hall–Kier alpha value is -0.755. The zero-order valence-electron chi connectivity index (χ0n) is 15.0. The lowest BCUT2D eigenvalue weighted by atomic mass is 9.42. The van der Waals surface area contributed by atoms with E-state index in [1.165, 1.54) is 29.2 Å². The third-order valence-electron chi connectivity index (χ3n) is 6.01. The monoisotopic (exact) mass is 317 g/mol. The number of aromatic nitrogens is 1. The predicted octanol–water partition coefficient (Wildman–Crippen LogP) is 5.49. The number of hydrogen-bond donors (Lipinski definition) is 0. The van der Waals surface area contributed by atoms with Gasteiger partial charge in [-0.1, -0.05) is 78.4 Å². The van der Waals surface area contributed by atoms with Gasteiger partial charge in [0.05, 0.1) is 0 Å². The number of pyridine rings is 1. The lowest BCUT2D eigenvalue weighted by Crippen LogP contribution is -2.30. The molecular formula is C19H29BClN. The Labute approximate surface area is 141 Å². The molecule has 0 atom stereocenters. The van der Waals surface area contributed by atoms with Crippen molar-refractivity contribution in [1.82, 2.24) is 4.98 Å². The van der Waals surface area contributed by atoms with Gasteiger partial charge in [0, 0.05) is 5.69 Å². The average molecular weight is 318 g/mol. The third kappa shape index (κ3) is 3.00. The fourth-order valence-electron chi connectivity index (χ4n) is 3.67.